The molecule has 1 saturated carbocycles. The summed E-state index contributed by atoms with van der Waals surface area (Å²) in [6.07, 6.45) is -3.21. The third-order valence-corrected chi connectivity index (χ3v) is 3.27. The summed E-state index contributed by atoms with van der Waals surface area (Å²) in [5.74, 6) is -0.290. The Labute approximate surface area is 98.5 Å². The monoisotopic (exact) mass is 253 g/mol. The van der Waals surface area contributed by atoms with Crippen LogP contribution in [-0.2, 0) is 9.53 Å². The summed E-state index contributed by atoms with van der Waals surface area (Å²) in [6, 6.07) is 0. The standard InChI is InChI=1S/C11H18F3NO2/c1-17-9(16)10(7-15,6-8-2-3-8)4-5-11(12,13)14/h8H,2-7,15H2,1H3. The summed E-state index contributed by atoms with van der Waals surface area (Å²) in [4.78, 5) is 11.7. The van der Waals surface area contributed by atoms with Crippen LogP contribution in [-0.4, -0.2) is 25.8 Å². The molecule has 0 amide bonds. The molecule has 0 aliphatic heterocycles. The minimum Gasteiger partial charge on any atom is -0.469 e. The number of halogens is 3. The number of hydrogen-bond donors (Lipinski definition) is 1. The topological polar surface area (TPSA) is 52.3 Å². The molecule has 1 unspecified atom stereocenters. The first-order valence-electron chi connectivity index (χ1n) is 5.68. The Morgan fingerprint density at radius 2 is 1.94 bits per heavy atom. The molecule has 0 bridgehead atoms. The van der Waals surface area contributed by atoms with E-state index in [0.29, 0.717) is 12.3 Å². The Bertz CT molecular complexity index is 276. The van der Waals surface area contributed by atoms with Gasteiger partial charge in [-0.2, -0.15) is 13.2 Å². The van der Waals surface area contributed by atoms with Gasteiger partial charge in [0, 0.05) is 13.0 Å². The quantitative estimate of drug-likeness (QED) is 0.739. The van der Waals surface area contributed by atoms with E-state index in [-0.39, 0.29) is 13.0 Å². The second kappa shape index (κ2) is 5.25. The molecule has 0 spiro atoms. The minimum atomic E-state index is -4.27. The van der Waals surface area contributed by atoms with Gasteiger partial charge in [0.15, 0.2) is 0 Å². The summed E-state index contributed by atoms with van der Waals surface area (Å²) in [5, 5.41) is 0. The number of ether oxygens (including phenoxy) is 1. The first-order chi connectivity index (χ1) is 7.83. The van der Waals surface area contributed by atoms with Crippen LogP contribution in [0.4, 0.5) is 13.2 Å². The van der Waals surface area contributed by atoms with E-state index in [2.05, 4.69) is 4.74 Å². The van der Waals surface area contributed by atoms with E-state index in [1.807, 2.05) is 0 Å². The third kappa shape index (κ3) is 4.18. The lowest BCUT2D eigenvalue weighted by molar-refractivity contribution is -0.161. The van der Waals surface area contributed by atoms with Gasteiger partial charge in [-0.15, -0.1) is 0 Å². The molecule has 0 saturated heterocycles. The molecule has 1 atom stereocenters. The summed E-state index contributed by atoms with van der Waals surface area (Å²) >= 11 is 0. The second-order valence-corrected chi connectivity index (χ2v) is 4.74. The van der Waals surface area contributed by atoms with Crippen LogP contribution in [0.25, 0.3) is 0 Å². The van der Waals surface area contributed by atoms with E-state index >= 15 is 0 Å². The number of carbonyl (C=O) groups is 1. The molecule has 17 heavy (non-hydrogen) atoms. The number of esters is 1. The van der Waals surface area contributed by atoms with E-state index in [0.717, 1.165) is 12.8 Å². The van der Waals surface area contributed by atoms with Crippen LogP contribution in [0.2, 0.25) is 0 Å². The first kappa shape index (κ1) is 14.3. The van der Waals surface area contributed by atoms with Gasteiger partial charge in [-0.3, -0.25) is 4.79 Å². The highest BCUT2D eigenvalue weighted by Crippen LogP contribution is 2.44. The van der Waals surface area contributed by atoms with Crippen molar-refractivity contribution in [1.29, 1.82) is 0 Å². The predicted octanol–water partition coefficient (Wildman–Crippen LogP) is 2.25. The van der Waals surface area contributed by atoms with Crippen molar-refractivity contribution in [3.63, 3.8) is 0 Å². The fraction of sp³-hybridized carbons (Fsp3) is 0.909. The number of carbonyl (C=O) groups excluding carboxylic acids is 1. The molecule has 0 aromatic carbocycles. The van der Waals surface area contributed by atoms with Crippen LogP contribution in [0.1, 0.15) is 32.1 Å². The molecule has 3 nitrogen and oxygen atoms in total. The van der Waals surface area contributed by atoms with Gasteiger partial charge in [0.25, 0.3) is 0 Å². The summed E-state index contributed by atoms with van der Waals surface area (Å²) in [7, 11) is 1.19. The number of alkyl halides is 3. The summed E-state index contributed by atoms with van der Waals surface area (Å²) < 4.78 is 41.4. The average molecular weight is 253 g/mol. The van der Waals surface area contributed by atoms with Gasteiger partial charge < -0.3 is 10.5 Å². The molecule has 1 aliphatic carbocycles. The number of nitrogens with two attached hydrogens (primary N) is 1. The molecule has 6 heteroatoms. The largest absolute Gasteiger partial charge is 0.469 e. The van der Waals surface area contributed by atoms with Gasteiger partial charge in [0.05, 0.1) is 12.5 Å². The maximum atomic E-state index is 12.2. The average Bonchev–Trinajstić information content (AvgIpc) is 3.05. The molecule has 2 N–H and O–H groups in total. The molecule has 1 fully saturated rings. The Morgan fingerprint density at radius 3 is 2.29 bits per heavy atom. The summed E-state index contributed by atoms with van der Waals surface area (Å²) in [6.45, 7) is -0.0910. The second-order valence-electron chi connectivity index (χ2n) is 4.74. The van der Waals surface area contributed by atoms with Gasteiger partial charge in [-0.05, 0) is 18.8 Å². The van der Waals surface area contributed by atoms with Crippen molar-refractivity contribution in [2.45, 2.75) is 38.3 Å². The highest BCUT2D eigenvalue weighted by molar-refractivity contribution is 5.77. The van der Waals surface area contributed by atoms with Crippen molar-refractivity contribution >= 4 is 5.97 Å². The smallest absolute Gasteiger partial charge is 0.389 e. The SMILES string of the molecule is COC(=O)C(CN)(CCC(F)(F)F)CC1CC1. The fourth-order valence-corrected chi connectivity index (χ4v) is 2.03. The molecule has 0 radical (unpaired) electrons. The zero-order valence-corrected chi connectivity index (χ0v) is 9.85. The van der Waals surface area contributed by atoms with Crippen LogP contribution < -0.4 is 5.73 Å². The van der Waals surface area contributed by atoms with E-state index in [4.69, 9.17) is 5.73 Å². The van der Waals surface area contributed by atoms with Gasteiger partial charge in [-0.25, -0.2) is 0 Å². The van der Waals surface area contributed by atoms with E-state index < -0.39 is 24.0 Å². The molecule has 1 aliphatic rings. The molecular formula is C11H18F3NO2. The predicted molar refractivity (Wildman–Crippen MR) is 56.1 cm³/mol. The van der Waals surface area contributed by atoms with Crippen molar-refractivity contribution in [3.8, 4) is 0 Å². The van der Waals surface area contributed by atoms with Crippen LogP contribution in [0.5, 0.6) is 0 Å². The highest BCUT2D eigenvalue weighted by atomic mass is 19.4. The highest BCUT2D eigenvalue weighted by Gasteiger charge is 2.45. The van der Waals surface area contributed by atoms with Crippen LogP contribution in [0, 0.1) is 11.3 Å². The fourth-order valence-electron chi connectivity index (χ4n) is 2.03. The zero-order valence-electron chi connectivity index (χ0n) is 9.85. The molecule has 100 valence electrons. The van der Waals surface area contributed by atoms with Crippen molar-refractivity contribution in [2.75, 3.05) is 13.7 Å². The molecule has 0 heterocycles. The van der Waals surface area contributed by atoms with Crippen molar-refractivity contribution in [2.24, 2.45) is 17.1 Å². The third-order valence-electron chi connectivity index (χ3n) is 3.27. The summed E-state index contributed by atoms with van der Waals surface area (Å²) in [5.41, 5.74) is 4.36. The Kier molecular flexibility index (Phi) is 4.41. The van der Waals surface area contributed by atoms with Crippen molar-refractivity contribution in [1.82, 2.24) is 0 Å². The van der Waals surface area contributed by atoms with Crippen LogP contribution in [0.3, 0.4) is 0 Å². The zero-order chi connectivity index (χ0) is 13.1. The van der Waals surface area contributed by atoms with Crippen LogP contribution >= 0.6 is 0 Å². The lowest BCUT2D eigenvalue weighted by Gasteiger charge is -2.30. The minimum absolute atomic E-state index is 0.0910. The van der Waals surface area contributed by atoms with E-state index in [1.165, 1.54) is 7.11 Å². The molecular weight excluding hydrogens is 235 g/mol. The van der Waals surface area contributed by atoms with Gasteiger partial charge in [0.2, 0.25) is 0 Å². The van der Waals surface area contributed by atoms with Gasteiger partial charge in [-0.1, -0.05) is 12.8 Å². The van der Waals surface area contributed by atoms with Crippen molar-refractivity contribution in [3.05, 3.63) is 0 Å². The van der Waals surface area contributed by atoms with Crippen molar-refractivity contribution < 1.29 is 22.7 Å². The van der Waals surface area contributed by atoms with E-state index in [9.17, 15) is 18.0 Å². The lowest BCUT2D eigenvalue weighted by Crippen LogP contribution is -2.41. The lowest BCUT2D eigenvalue weighted by atomic mass is 9.78. The Morgan fingerprint density at radius 1 is 1.35 bits per heavy atom. The first-order valence-corrected chi connectivity index (χ1v) is 5.68. The van der Waals surface area contributed by atoms with Gasteiger partial charge in [0.1, 0.15) is 0 Å². The normalized spacial score (nSPS) is 19.8. The maximum Gasteiger partial charge on any atom is 0.389 e. The van der Waals surface area contributed by atoms with Crippen LogP contribution in [0.15, 0.2) is 0 Å². The Balaban J connectivity index is 2.70. The number of hydrogen-bond acceptors (Lipinski definition) is 3. The molecule has 0 aromatic rings. The molecule has 1 rings (SSSR count). The maximum absolute atomic E-state index is 12.2. The van der Waals surface area contributed by atoms with E-state index in [1.54, 1.807) is 0 Å². The van der Waals surface area contributed by atoms with Gasteiger partial charge >= 0.3 is 12.1 Å². The number of rotatable bonds is 6. The Hall–Kier alpha value is -0.780. The molecule has 0 aromatic heterocycles. The number of methoxy groups -OCH3 is 1.